The summed E-state index contributed by atoms with van der Waals surface area (Å²) in [7, 11) is 1.97. The van der Waals surface area contributed by atoms with Crippen LogP contribution in [-0.2, 0) is 0 Å². The molecule has 0 fully saturated rings. The monoisotopic (exact) mass is 377 g/mol. The molecule has 0 aliphatic heterocycles. The van der Waals surface area contributed by atoms with E-state index in [1.165, 1.54) is 9.13 Å². The molecule has 15 heavy (non-hydrogen) atoms. The molecule has 0 saturated carbocycles. The topological polar surface area (TPSA) is 12.0 Å². The number of hydrogen-bond donors (Lipinski definition) is 1. The van der Waals surface area contributed by atoms with Gasteiger partial charge in [0.2, 0.25) is 0 Å². The molecule has 0 aliphatic rings. The fourth-order valence-corrected chi connectivity index (χ4v) is 2.55. The largest absolute Gasteiger partial charge is 0.313 e. The molecule has 0 heterocycles. The van der Waals surface area contributed by atoms with Gasteiger partial charge in [0.25, 0.3) is 0 Å². The molecule has 0 radical (unpaired) electrons. The van der Waals surface area contributed by atoms with Crippen LogP contribution in [0.3, 0.4) is 0 Å². The molecule has 1 aromatic carbocycles. The Morgan fingerprint density at radius 3 is 2.93 bits per heavy atom. The molecule has 3 heteroatoms. The van der Waals surface area contributed by atoms with Crippen LogP contribution in [0.1, 0.15) is 24.4 Å². The molecule has 1 nitrogen and oxygen atoms in total. The Bertz CT molecular complexity index is 370. The van der Waals surface area contributed by atoms with Crippen LogP contribution >= 0.6 is 38.5 Å². The first-order valence-electron chi connectivity index (χ1n) is 4.74. The van der Waals surface area contributed by atoms with E-state index in [4.69, 9.17) is 6.42 Å². The number of nitrogens with one attached hydrogen (secondary N) is 1. The maximum absolute atomic E-state index is 5.29. The van der Waals surface area contributed by atoms with E-state index >= 15 is 0 Å². The lowest BCUT2D eigenvalue weighted by Crippen LogP contribution is -2.17. The van der Waals surface area contributed by atoms with Crippen LogP contribution in [0.4, 0.5) is 0 Å². The van der Waals surface area contributed by atoms with E-state index in [0.29, 0.717) is 6.04 Å². The standard InChI is InChI=1S/C12H13BrIN/c1-3-4-5-12(15-2)10-8-9(13)6-7-11(10)14/h1,6-8,12,15H,4-5H2,2H3. The second kappa shape index (κ2) is 6.51. The van der Waals surface area contributed by atoms with Gasteiger partial charge < -0.3 is 5.32 Å². The van der Waals surface area contributed by atoms with Gasteiger partial charge in [-0.1, -0.05) is 15.9 Å². The van der Waals surface area contributed by atoms with Gasteiger partial charge in [0.15, 0.2) is 0 Å². The Morgan fingerprint density at radius 1 is 1.60 bits per heavy atom. The summed E-state index contributed by atoms with van der Waals surface area (Å²) in [5.41, 5.74) is 1.31. The Hall–Kier alpha value is -0.0500. The first-order chi connectivity index (χ1) is 7.19. The summed E-state index contributed by atoms with van der Waals surface area (Å²) < 4.78 is 2.38. The Balaban J connectivity index is 2.91. The van der Waals surface area contributed by atoms with E-state index < -0.39 is 0 Å². The molecule has 1 unspecified atom stereocenters. The summed E-state index contributed by atoms with van der Waals surface area (Å²) in [4.78, 5) is 0. The fourth-order valence-electron chi connectivity index (χ4n) is 1.46. The van der Waals surface area contributed by atoms with Crippen molar-refractivity contribution in [3.05, 3.63) is 31.8 Å². The van der Waals surface area contributed by atoms with Gasteiger partial charge in [-0.15, -0.1) is 12.3 Å². The molecular weight excluding hydrogens is 365 g/mol. The lowest BCUT2D eigenvalue weighted by molar-refractivity contribution is 0.556. The van der Waals surface area contributed by atoms with Crippen LogP contribution in [0.2, 0.25) is 0 Å². The molecule has 0 saturated heterocycles. The van der Waals surface area contributed by atoms with Gasteiger partial charge in [0.1, 0.15) is 0 Å². The van der Waals surface area contributed by atoms with Crippen molar-refractivity contribution >= 4 is 38.5 Å². The first-order valence-corrected chi connectivity index (χ1v) is 6.62. The Labute approximate surface area is 113 Å². The highest BCUT2D eigenvalue weighted by molar-refractivity contribution is 14.1. The number of benzene rings is 1. The van der Waals surface area contributed by atoms with Gasteiger partial charge in [0.05, 0.1) is 0 Å². The minimum absolute atomic E-state index is 0.338. The second-order valence-corrected chi connectivity index (χ2v) is 5.33. The predicted molar refractivity (Wildman–Crippen MR) is 76.7 cm³/mol. The van der Waals surface area contributed by atoms with E-state index in [9.17, 15) is 0 Å². The van der Waals surface area contributed by atoms with Gasteiger partial charge in [0, 0.05) is 20.5 Å². The highest BCUT2D eigenvalue weighted by atomic mass is 127. The van der Waals surface area contributed by atoms with Crippen molar-refractivity contribution < 1.29 is 0 Å². The zero-order valence-corrected chi connectivity index (χ0v) is 12.3. The van der Waals surface area contributed by atoms with Crippen LogP contribution in [0, 0.1) is 15.9 Å². The van der Waals surface area contributed by atoms with E-state index in [1.807, 2.05) is 7.05 Å². The summed E-state index contributed by atoms with van der Waals surface area (Å²) >= 11 is 5.85. The highest BCUT2D eigenvalue weighted by Gasteiger charge is 2.11. The second-order valence-electron chi connectivity index (χ2n) is 3.25. The van der Waals surface area contributed by atoms with Crippen LogP contribution < -0.4 is 5.32 Å². The molecule has 1 atom stereocenters. The van der Waals surface area contributed by atoms with Crippen molar-refractivity contribution in [2.75, 3.05) is 7.05 Å². The molecule has 1 rings (SSSR count). The van der Waals surface area contributed by atoms with Crippen molar-refractivity contribution in [1.29, 1.82) is 0 Å². The number of halogens is 2. The third-order valence-electron chi connectivity index (χ3n) is 2.26. The van der Waals surface area contributed by atoms with Crippen molar-refractivity contribution in [3.8, 4) is 12.3 Å². The van der Waals surface area contributed by atoms with Gasteiger partial charge in [-0.05, 0) is 59.8 Å². The predicted octanol–water partition coefficient (Wildman–Crippen LogP) is 3.73. The zero-order valence-electron chi connectivity index (χ0n) is 8.56. The quantitative estimate of drug-likeness (QED) is 0.622. The molecule has 0 spiro atoms. The minimum atomic E-state index is 0.338. The Kier molecular flexibility index (Phi) is 5.65. The maximum atomic E-state index is 5.29. The minimum Gasteiger partial charge on any atom is -0.313 e. The summed E-state index contributed by atoms with van der Waals surface area (Å²) in [6.45, 7) is 0. The molecule has 0 aromatic heterocycles. The third-order valence-corrected chi connectivity index (χ3v) is 3.73. The van der Waals surface area contributed by atoms with Crippen molar-refractivity contribution in [2.45, 2.75) is 18.9 Å². The summed E-state index contributed by atoms with van der Waals surface area (Å²) in [6.07, 6.45) is 7.06. The molecule has 1 aromatic rings. The average molecular weight is 378 g/mol. The number of terminal acetylenes is 1. The number of hydrogen-bond acceptors (Lipinski definition) is 1. The van der Waals surface area contributed by atoms with E-state index in [0.717, 1.165) is 17.3 Å². The normalized spacial score (nSPS) is 12.1. The third kappa shape index (κ3) is 3.78. The molecule has 80 valence electrons. The summed E-state index contributed by atoms with van der Waals surface area (Å²) in [5, 5.41) is 3.30. The molecule has 1 N–H and O–H groups in total. The van der Waals surface area contributed by atoms with Gasteiger partial charge in [-0.25, -0.2) is 0 Å². The SMILES string of the molecule is C#CCCC(NC)c1cc(Br)ccc1I. The van der Waals surface area contributed by atoms with Crippen LogP contribution in [-0.4, -0.2) is 7.05 Å². The van der Waals surface area contributed by atoms with E-state index in [-0.39, 0.29) is 0 Å². The first kappa shape index (κ1) is 13.0. The van der Waals surface area contributed by atoms with Crippen LogP contribution in [0.25, 0.3) is 0 Å². The van der Waals surface area contributed by atoms with Gasteiger partial charge in [-0.2, -0.15) is 0 Å². The number of rotatable bonds is 4. The lowest BCUT2D eigenvalue weighted by Gasteiger charge is -2.17. The molecule has 0 aliphatic carbocycles. The smallest absolute Gasteiger partial charge is 0.0337 e. The summed E-state index contributed by atoms with van der Waals surface area (Å²) in [5.74, 6) is 2.68. The molecule has 0 bridgehead atoms. The van der Waals surface area contributed by atoms with E-state index in [1.54, 1.807) is 0 Å². The van der Waals surface area contributed by atoms with E-state index in [2.05, 4.69) is 68.0 Å². The van der Waals surface area contributed by atoms with Crippen LogP contribution in [0.15, 0.2) is 22.7 Å². The van der Waals surface area contributed by atoms with Crippen molar-refractivity contribution in [1.82, 2.24) is 5.32 Å². The lowest BCUT2D eigenvalue weighted by atomic mass is 10.0. The van der Waals surface area contributed by atoms with Crippen molar-refractivity contribution in [3.63, 3.8) is 0 Å². The Morgan fingerprint density at radius 2 is 2.33 bits per heavy atom. The fraction of sp³-hybridized carbons (Fsp3) is 0.333. The molecule has 0 amide bonds. The van der Waals surface area contributed by atoms with Crippen LogP contribution in [0.5, 0.6) is 0 Å². The summed E-state index contributed by atoms with van der Waals surface area (Å²) in [6, 6.07) is 6.66. The van der Waals surface area contributed by atoms with Crippen molar-refractivity contribution in [2.24, 2.45) is 0 Å². The molecular formula is C12H13BrIN. The maximum Gasteiger partial charge on any atom is 0.0337 e. The van der Waals surface area contributed by atoms with Gasteiger partial charge in [-0.3, -0.25) is 0 Å². The average Bonchev–Trinajstić information content (AvgIpc) is 2.24. The zero-order chi connectivity index (χ0) is 11.3. The highest BCUT2D eigenvalue weighted by Crippen LogP contribution is 2.26. The van der Waals surface area contributed by atoms with Gasteiger partial charge >= 0.3 is 0 Å².